The van der Waals surface area contributed by atoms with Gasteiger partial charge in [0.1, 0.15) is 11.6 Å². The first-order valence-corrected chi connectivity index (χ1v) is 15.6. The number of carbonyl (C=O) groups is 3. The van der Waals surface area contributed by atoms with Crippen LogP contribution in [0.1, 0.15) is 44.2 Å². The van der Waals surface area contributed by atoms with Gasteiger partial charge in [-0.2, -0.15) is 0 Å². The second-order valence-corrected chi connectivity index (χ2v) is 13.3. The molecule has 6 rings (SSSR count). The zero-order valence-electron chi connectivity index (χ0n) is 24.1. The SMILES string of the molecule is Cc1ccc(NC(=O)[C@@H]2[C@@H]3C=C[C@]4(O3)[C@@H]2C(=O)N(CCc2ccc(Cl)cc2)[C@H]4C(=O)N[C@@H]2CCC[C@H](C)[C@@H]2C)cc1Cl. The molecule has 9 heteroatoms. The molecule has 2 aromatic carbocycles. The number of rotatable bonds is 7. The standard InChI is InChI=1S/C33H37Cl2N3O4/c1-18-5-4-6-25(20(18)3)37-31(40)29-33-15-13-26(42-33)27(30(39)36-23-12-7-19(2)24(35)17-23)28(33)32(41)38(29)16-14-21-8-10-22(34)11-9-21/h7-13,15,17-18,20,25-29H,4-6,14,16H2,1-3H3,(H,36,39)(H,37,40)/t18-,20-,25+,26-,27+,28-,29-,33-/m0/s1. The average Bonchev–Trinajstić information content (AvgIpc) is 3.60. The quantitative estimate of drug-likeness (QED) is 0.401. The molecule has 3 heterocycles. The number of benzene rings is 2. The van der Waals surface area contributed by atoms with Crippen molar-refractivity contribution >= 4 is 46.6 Å². The first kappa shape index (κ1) is 29.2. The normalized spacial score (nSPS) is 33.1. The van der Waals surface area contributed by atoms with Crippen LogP contribution in [0.5, 0.6) is 0 Å². The van der Waals surface area contributed by atoms with E-state index < -0.39 is 29.6 Å². The first-order valence-electron chi connectivity index (χ1n) is 14.9. The molecule has 3 amide bonds. The Bertz CT molecular complexity index is 1430. The summed E-state index contributed by atoms with van der Waals surface area (Å²) in [5.74, 6) is -1.52. The van der Waals surface area contributed by atoms with Crippen molar-refractivity contribution in [2.75, 3.05) is 11.9 Å². The summed E-state index contributed by atoms with van der Waals surface area (Å²) in [4.78, 5) is 43.8. The summed E-state index contributed by atoms with van der Waals surface area (Å²) in [6, 6.07) is 12.0. The van der Waals surface area contributed by atoms with Crippen molar-refractivity contribution in [3.05, 3.63) is 75.8 Å². The van der Waals surface area contributed by atoms with Crippen molar-refractivity contribution in [2.45, 2.75) is 70.2 Å². The van der Waals surface area contributed by atoms with Crippen LogP contribution in [-0.4, -0.2) is 53.0 Å². The minimum Gasteiger partial charge on any atom is -0.359 e. The molecule has 2 aromatic rings. The van der Waals surface area contributed by atoms with Gasteiger partial charge in [0.15, 0.2) is 0 Å². The minimum absolute atomic E-state index is 0.0258. The molecule has 1 aliphatic carbocycles. The molecule has 8 atom stereocenters. The number of carbonyl (C=O) groups excluding carboxylic acids is 3. The number of aryl methyl sites for hydroxylation is 1. The lowest BCUT2D eigenvalue weighted by atomic mass is 9.73. The fourth-order valence-corrected chi connectivity index (χ4v) is 7.66. The molecule has 222 valence electrons. The average molecular weight is 611 g/mol. The van der Waals surface area contributed by atoms with Crippen LogP contribution in [0.25, 0.3) is 0 Å². The summed E-state index contributed by atoms with van der Waals surface area (Å²) in [6.45, 7) is 6.62. The van der Waals surface area contributed by atoms with Crippen LogP contribution in [-0.2, 0) is 25.5 Å². The van der Waals surface area contributed by atoms with Crippen LogP contribution in [0.15, 0.2) is 54.6 Å². The number of anilines is 1. The molecule has 1 spiro atoms. The number of nitrogens with zero attached hydrogens (tertiary/aromatic N) is 1. The number of hydrogen-bond acceptors (Lipinski definition) is 4. The highest BCUT2D eigenvalue weighted by atomic mass is 35.5. The Labute approximate surface area is 257 Å². The zero-order valence-corrected chi connectivity index (χ0v) is 25.6. The third-order valence-electron chi connectivity index (χ3n) is 9.95. The smallest absolute Gasteiger partial charge is 0.246 e. The monoisotopic (exact) mass is 609 g/mol. The number of halogens is 2. The largest absolute Gasteiger partial charge is 0.359 e. The van der Waals surface area contributed by atoms with Gasteiger partial charge in [0.2, 0.25) is 17.7 Å². The van der Waals surface area contributed by atoms with Gasteiger partial charge in [0.05, 0.1) is 17.9 Å². The van der Waals surface area contributed by atoms with Crippen molar-refractivity contribution in [1.29, 1.82) is 0 Å². The van der Waals surface area contributed by atoms with E-state index in [-0.39, 0.29) is 23.8 Å². The van der Waals surface area contributed by atoms with Gasteiger partial charge in [-0.15, -0.1) is 0 Å². The topological polar surface area (TPSA) is 87.7 Å². The van der Waals surface area contributed by atoms with Crippen LogP contribution in [0.3, 0.4) is 0 Å². The summed E-state index contributed by atoms with van der Waals surface area (Å²) in [7, 11) is 0. The van der Waals surface area contributed by atoms with Crippen LogP contribution in [0.4, 0.5) is 5.69 Å². The molecule has 4 aliphatic rings. The summed E-state index contributed by atoms with van der Waals surface area (Å²) in [5.41, 5.74) is 1.25. The van der Waals surface area contributed by atoms with E-state index in [1.807, 2.05) is 49.4 Å². The maximum absolute atomic E-state index is 14.2. The van der Waals surface area contributed by atoms with Gasteiger partial charge in [-0.3, -0.25) is 14.4 Å². The Morgan fingerprint density at radius 1 is 1.07 bits per heavy atom. The molecule has 2 bridgehead atoms. The molecule has 2 N–H and O–H groups in total. The summed E-state index contributed by atoms with van der Waals surface area (Å²) in [5, 5.41) is 7.43. The van der Waals surface area contributed by atoms with Gasteiger partial charge in [-0.1, -0.05) is 80.2 Å². The Hall–Kier alpha value is -2.87. The number of fused-ring (bicyclic) bond motifs is 1. The third kappa shape index (κ3) is 5.03. The van der Waals surface area contributed by atoms with Gasteiger partial charge < -0.3 is 20.3 Å². The van der Waals surface area contributed by atoms with E-state index >= 15 is 0 Å². The molecular formula is C33H37Cl2N3O4. The summed E-state index contributed by atoms with van der Waals surface area (Å²) >= 11 is 12.4. The molecule has 0 radical (unpaired) electrons. The van der Waals surface area contributed by atoms with Crippen LogP contribution < -0.4 is 10.6 Å². The minimum atomic E-state index is -1.21. The second kappa shape index (κ2) is 11.3. The van der Waals surface area contributed by atoms with Gasteiger partial charge in [0.25, 0.3) is 0 Å². The molecule has 0 aromatic heterocycles. The highest BCUT2D eigenvalue weighted by molar-refractivity contribution is 6.31. The van der Waals surface area contributed by atoms with Crippen molar-refractivity contribution in [3.8, 4) is 0 Å². The predicted molar refractivity (Wildman–Crippen MR) is 163 cm³/mol. The summed E-state index contributed by atoms with van der Waals surface area (Å²) in [6.07, 6.45) is 6.74. The predicted octanol–water partition coefficient (Wildman–Crippen LogP) is 5.57. The first-order chi connectivity index (χ1) is 20.1. The van der Waals surface area contributed by atoms with E-state index in [0.717, 1.165) is 30.4 Å². The zero-order chi connectivity index (χ0) is 29.8. The van der Waals surface area contributed by atoms with E-state index in [1.165, 1.54) is 0 Å². The number of ether oxygens (including phenoxy) is 1. The van der Waals surface area contributed by atoms with E-state index in [0.29, 0.717) is 40.5 Å². The Morgan fingerprint density at radius 2 is 1.83 bits per heavy atom. The highest BCUT2D eigenvalue weighted by Gasteiger charge is 2.72. The number of likely N-dealkylation sites (tertiary alicyclic amines) is 1. The van der Waals surface area contributed by atoms with Crippen molar-refractivity contribution in [3.63, 3.8) is 0 Å². The molecule has 1 saturated carbocycles. The Kier molecular flexibility index (Phi) is 7.88. The molecule has 3 fully saturated rings. The molecule has 2 saturated heterocycles. The molecular weight excluding hydrogens is 573 g/mol. The molecule has 0 unspecified atom stereocenters. The number of hydrogen-bond donors (Lipinski definition) is 2. The van der Waals surface area contributed by atoms with Crippen molar-refractivity contribution < 1.29 is 19.1 Å². The van der Waals surface area contributed by atoms with Crippen LogP contribution >= 0.6 is 23.2 Å². The fourth-order valence-electron chi connectivity index (χ4n) is 7.35. The second-order valence-electron chi connectivity index (χ2n) is 12.4. The van der Waals surface area contributed by atoms with E-state index in [1.54, 1.807) is 17.0 Å². The lowest BCUT2D eigenvalue weighted by Gasteiger charge is -2.38. The lowest BCUT2D eigenvalue weighted by molar-refractivity contribution is -0.141. The molecule has 42 heavy (non-hydrogen) atoms. The Morgan fingerprint density at radius 3 is 2.57 bits per heavy atom. The third-order valence-corrected chi connectivity index (χ3v) is 10.6. The van der Waals surface area contributed by atoms with Crippen LogP contribution in [0.2, 0.25) is 10.0 Å². The lowest BCUT2D eigenvalue weighted by Crippen LogP contribution is -2.58. The molecule has 7 nitrogen and oxygen atoms in total. The van der Waals surface area contributed by atoms with Crippen molar-refractivity contribution in [1.82, 2.24) is 10.2 Å². The number of nitrogens with one attached hydrogen (secondary N) is 2. The van der Waals surface area contributed by atoms with Gasteiger partial charge in [0, 0.05) is 28.3 Å². The summed E-state index contributed by atoms with van der Waals surface area (Å²) < 4.78 is 6.50. The van der Waals surface area contributed by atoms with E-state index in [4.69, 9.17) is 27.9 Å². The van der Waals surface area contributed by atoms with Gasteiger partial charge in [-0.05, 0) is 67.0 Å². The van der Waals surface area contributed by atoms with E-state index in [9.17, 15) is 14.4 Å². The maximum Gasteiger partial charge on any atom is 0.246 e. The van der Waals surface area contributed by atoms with Gasteiger partial charge >= 0.3 is 0 Å². The van der Waals surface area contributed by atoms with Gasteiger partial charge in [-0.25, -0.2) is 0 Å². The Balaban J connectivity index is 1.30. The van der Waals surface area contributed by atoms with Crippen molar-refractivity contribution in [2.24, 2.45) is 23.7 Å². The number of amides is 3. The fraction of sp³-hybridized carbons (Fsp3) is 0.485. The van der Waals surface area contributed by atoms with E-state index in [2.05, 4.69) is 24.5 Å². The molecule has 3 aliphatic heterocycles. The van der Waals surface area contributed by atoms with Crippen LogP contribution in [0, 0.1) is 30.6 Å². The highest BCUT2D eigenvalue weighted by Crippen LogP contribution is 2.55. The maximum atomic E-state index is 14.2.